The number of rotatable bonds is 8. The van der Waals surface area contributed by atoms with Gasteiger partial charge in [0.25, 0.3) is 5.56 Å². The van der Waals surface area contributed by atoms with E-state index in [1.54, 1.807) is 18.4 Å². The third kappa shape index (κ3) is 5.07. The Kier molecular flexibility index (Phi) is 7.89. The molecule has 3 aromatic carbocycles. The molecule has 2 heterocycles. The predicted molar refractivity (Wildman–Crippen MR) is 158 cm³/mol. The zero-order chi connectivity index (χ0) is 28.4. The summed E-state index contributed by atoms with van der Waals surface area (Å²) in [6, 6.07) is 18.7. The van der Waals surface area contributed by atoms with Crippen molar-refractivity contribution in [2.75, 3.05) is 13.2 Å². The smallest absolute Gasteiger partial charge is 0.338 e. The van der Waals surface area contributed by atoms with E-state index in [1.807, 2.05) is 87.5 Å². The summed E-state index contributed by atoms with van der Waals surface area (Å²) in [4.78, 5) is 32.7. The second kappa shape index (κ2) is 11.5. The number of benzene rings is 3. The Morgan fingerprint density at radius 3 is 2.52 bits per heavy atom. The van der Waals surface area contributed by atoms with Crippen LogP contribution in [-0.4, -0.2) is 29.9 Å². The Hall–Kier alpha value is -4.17. The van der Waals surface area contributed by atoms with Crippen LogP contribution in [0.15, 0.2) is 81.7 Å². The Bertz CT molecular complexity index is 1800. The minimum Gasteiger partial charge on any atom is -0.493 e. The fourth-order valence-electron chi connectivity index (χ4n) is 4.99. The summed E-state index contributed by atoms with van der Waals surface area (Å²) in [6.45, 7) is 10.1. The average Bonchev–Trinajstić information content (AvgIpc) is 3.23. The standard InChI is InChI=1S/C32H32N2O5S/c1-6-37-25-17-16-21-12-8-9-13-22(21)24(25)18-27-30(35)34-29(23-14-10-11-15-26(23)39-19(3)4)28(31(36)38-7-2)20(5)33-32(34)40-27/h8-19,29H,6-7H2,1-5H3/b27-18+/t29-/m0/s1. The molecular formula is C32H32N2O5S. The van der Waals surface area contributed by atoms with Gasteiger partial charge in [0.1, 0.15) is 17.5 Å². The molecule has 0 saturated carbocycles. The van der Waals surface area contributed by atoms with Gasteiger partial charge in [0.05, 0.1) is 35.1 Å². The van der Waals surface area contributed by atoms with Gasteiger partial charge in [-0.3, -0.25) is 9.36 Å². The molecule has 7 nitrogen and oxygen atoms in total. The van der Waals surface area contributed by atoms with Crippen molar-refractivity contribution in [3.05, 3.63) is 103 Å². The summed E-state index contributed by atoms with van der Waals surface area (Å²) in [5.41, 5.74) is 2.10. The zero-order valence-electron chi connectivity index (χ0n) is 23.3. The Morgan fingerprint density at radius 2 is 1.77 bits per heavy atom. The lowest BCUT2D eigenvalue weighted by Crippen LogP contribution is -2.40. The summed E-state index contributed by atoms with van der Waals surface area (Å²) in [5, 5.41) is 2.03. The highest BCUT2D eigenvalue weighted by atomic mass is 32.1. The number of para-hydroxylation sites is 1. The predicted octanol–water partition coefficient (Wildman–Crippen LogP) is 5.14. The number of nitrogens with zero attached hydrogens (tertiary/aromatic N) is 2. The minimum absolute atomic E-state index is 0.101. The summed E-state index contributed by atoms with van der Waals surface area (Å²) in [5.74, 6) is 0.791. The number of thiazole rings is 1. The molecule has 0 spiro atoms. The van der Waals surface area contributed by atoms with E-state index >= 15 is 0 Å². The highest BCUT2D eigenvalue weighted by Gasteiger charge is 2.35. The summed E-state index contributed by atoms with van der Waals surface area (Å²) < 4.78 is 19.6. The summed E-state index contributed by atoms with van der Waals surface area (Å²) in [6.07, 6.45) is 1.77. The lowest BCUT2D eigenvalue weighted by Gasteiger charge is -2.26. The van der Waals surface area contributed by atoms with Gasteiger partial charge in [-0.15, -0.1) is 0 Å². The second-order valence-electron chi connectivity index (χ2n) is 9.64. The van der Waals surface area contributed by atoms with Gasteiger partial charge in [0.15, 0.2) is 4.80 Å². The normalized spacial score (nSPS) is 15.2. The molecule has 0 unspecified atom stereocenters. The van der Waals surface area contributed by atoms with Gasteiger partial charge in [-0.1, -0.05) is 59.9 Å². The van der Waals surface area contributed by atoms with Crippen molar-refractivity contribution >= 4 is 34.2 Å². The van der Waals surface area contributed by atoms with Crippen LogP contribution in [0.5, 0.6) is 11.5 Å². The van der Waals surface area contributed by atoms with Crippen molar-refractivity contribution in [1.82, 2.24) is 4.57 Å². The van der Waals surface area contributed by atoms with Gasteiger partial charge in [0.2, 0.25) is 0 Å². The lowest BCUT2D eigenvalue weighted by atomic mass is 9.95. The van der Waals surface area contributed by atoms with E-state index in [0.29, 0.717) is 44.3 Å². The van der Waals surface area contributed by atoms with E-state index in [2.05, 4.69) is 0 Å². The van der Waals surface area contributed by atoms with Crippen molar-refractivity contribution in [2.24, 2.45) is 4.99 Å². The molecule has 0 aliphatic carbocycles. The Balaban J connectivity index is 1.79. The van der Waals surface area contributed by atoms with Crippen molar-refractivity contribution in [1.29, 1.82) is 0 Å². The maximum absolute atomic E-state index is 14.2. The third-order valence-corrected chi connectivity index (χ3v) is 7.58. The molecule has 206 valence electrons. The largest absolute Gasteiger partial charge is 0.493 e. The average molecular weight is 557 g/mol. The van der Waals surface area contributed by atoms with Gasteiger partial charge in [0, 0.05) is 11.1 Å². The monoisotopic (exact) mass is 556 g/mol. The van der Waals surface area contributed by atoms with E-state index in [4.69, 9.17) is 19.2 Å². The number of aromatic nitrogens is 1. The van der Waals surface area contributed by atoms with Crippen LogP contribution in [0.1, 0.15) is 51.8 Å². The molecule has 40 heavy (non-hydrogen) atoms. The number of carbonyl (C=O) groups is 1. The number of fused-ring (bicyclic) bond motifs is 2. The van der Waals surface area contributed by atoms with Crippen LogP contribution in [0.4, 0.5) is 0 Å². The van der Waals surface area contributed by atoms with Crippen LogP contribution in [0.2, 0.25) is 0 Å². The molecule has 1 aliphatic rings. The third-order valence-electron chi connectivity index (χ3n) is 6.60. The van der Waals surface area contributed by atoms with E-state index < -0.39 is 12.0 Å². The molecule has 5 rings (SSSR count). The maximum atomic E-state index is 14.2. The lowest BCUT2D eigenvalue weighted by molar-refractivity contribution is -0.139. The molecule has 0 bridgehead atoms. The molecule has 1 aliphatic heterocycles. The fraction of sp³-hybridized carbons (Fsp3) is 0.281. The van der Waals surface area contributed by atoms with E-state index in [1.165, 1.54) is 11.3 Å². The number of carbonyl (C=O) groups excluding carboxylic acids is 1. The number of esters is 1. The fourth-order valence-corrected chi connectivity index (χ4v) is 6.02. The first kappa shape index (κ1) is 27.4. The Labute approximate surface area is 236 Å². The number of hydrogen-bond acceptors (Lipinski definition) is 7. The van der Waals surface area contributed by atoms with Gasteiger partial charge < -0.3 is 14.2 Å². The first-order valence-electron chi connectivity index (χ1n) is 13.4. The van der Waals surface area contributed by atoms with Gasteiger partial charge in [-0.05, 0) is 63.6 Å². The van der Waals surface area contributed by atoms with E-state index in [9.17, 15) is 9.59 Å². The first-order valence-corrected chi connectivity index (χ1v) is 14.3. The highest BCUT2D eigenvalue weighted by Crippen LogP contribution is 2.36. The van der Waals surface area contributed by atoms with Crippen LogP contribution in [0.25, 0.3) is 16.8 Å². The van der Waals surface area contributed by atoms with Crippen molar-refractivity contribution in [3.8, 4) is 11.5 Å². The number of ether oxygens (including phenoxy) is 3. The van der Waals surface area contributed by atoms with Gasteiger partial charge in [-0.25, -0.2) is 9.79 Å². The second-order valence-corrected chi connectivity index (χ2v) is 10.6. The molecular weight excluding hydrogens is 524 g/mol. The van der Waals surface area contributed by atoms with Gasteiger partial charge in [-0.2, -0.15) is 0 Å². The van der Waals surface area contributed by atoms with Crippen LogP contribution < -0.4 is 24.4 Å². The quantitative estimate of drug-likeness (QED) is 0.281. The minimum atomic E-state index is -0.758. The van der Waals surface area contributed by atoms with Crippen LogP contribution in [-0.2, 0) is 9.53 Å². The SMILES string of the molecule is CCOC(=O)C1=C(C)N=c2s/c(=C/c3c(OCC)ccc4ccccc34)c(=O)n2[C@H]1c1ccccc1OC(C)C. The maximum Gasteiger partial charge on any atom is 0.338 e. The van der Waals surface area contributed by atoms with Crippen LogP contribution in [0, 0.1) is 0 Å². The molecule has 8 heteroatoms. The molecule has 0 amide bonds. The Morgan fingerprint density at radius 1 is 1.02 bits per heavy atom. The number of hydrogen-bond donors (Lipinski definition) is 0. The van der Waals surface area contributed by atoms with Crippen molar-refractivity contribution in [2.45, 2.75) is 46.8 Å². The molecule has 0 radical (unpaired) electrons. The molecule has 1 atom stereocenters. The van der Waals surface area contributed by atoms with Crippen LogP contribution in [0.3, 0.4) is 0 Å². The molecule has 0 fully saturated rings. The highest BCUT2D eigenvalue weighted by molar-refractivity contribution is 7.07. The molecule has 1 aromatic heterocycles. The van der Waals surface area contributed by atoms with E-state index in [-0.39, 0.29) is 18.3 Å². The number of allylic oxidation sites excluding steroid dienone is 1. The molecule has 0 saturated heterocycles. The molecule has 0 N–H and O–H groups in total. The molecule has 4 aromatic rings. The van der Waals surface area contributed by atoms with E-state index in [0.717, 1.165) is 16.3 Å². The zero-order valence-corrected chi connectivity index (χ0v) is 24.1. The summed E-state index contributed by atoms with van der Waals surface area (Å²) >= 11 is 1.29. The topological polar surface area (TPSA) is 79.1 Å². The van der Waals surface area contributed by atoms with Gasteiger partial charge >= 0.3 is 5.97 Å². The van der Waals surface area contributed by atoms with Crippen molar-refractivity contribution < 1.29 is 19.0 Å². The van der Waals surface area contributed by atoms with Crippen LogP contribution >= 0.6 is 11.3 Å². The first-order chi connectivity index (χ1) is 19.3. The summed E-state index contributed by atoms with van der Waals surface area (Å²) in [7, 11) is 0. The van der Waals surface area contributed by atoms with Crippen molar-refractivity contribution in [3.63, 3.8) is 0 Å².